The Balaban J connectivity index is 1.94. The zero-order valence-electron chi connectivity index (χ0n) is 9.35. The molecule has 0 saturated heterocycles. The van der Waals surface area contributed by atoms with Gasteiger partial charge in [-0.05, 0) is 11.1 Å². The molecule has 3 heteroatoms. The van der Waals surface area contributed by atoms with Gasteiger partial charge in [0.2, 0.25) is 0 Å². The number of hydrogen-bond donors (Lipinski definition) is 1. The first-order valence-corrected chi connectivity index (χ1v) is 5.21. The third-order valence-corrected chi connectivity index (χ3v) is 2.39. The number of aromatic nitrogens is 2. The van der Waals surface area contributed by atoms with Gasteiger partial charge in [-0.25, -0.2) is 0 Å². The van der Waals surface area contributed by atoms with Crippen molar-refractivity contribution in [2.24, 2.45) is 7.05 Å². The van der Waals surface area contributed by atoms with Crippen LogP contribution in [0.3, 0.4) is 0 Å². The van der Waals surface area contributed by atoms with Gasteiger partial charge >= 0.3 is 0 Å². The van der Waals surface area contributed by atoms with Crippen molar-refractivity contribution in [3.63, 3.8) is 0 Å². The lowest BCUT2D eigenvalue weighted by Gasteiger charge is -2.06. The van der Waals surface area contributed by atoms with E-state index >= 15 is 0 Å². The van der Waals surface area contributed by atoms with Crippen LogP contribution in [0.15, 0.2) is 49.3 Å². The van der Waals surface area contributed by atoms with Gasteiger partial charge in [0.15, 0.2) is 0 Å². The standard InChI is InChI=1S/C13H15N3/c1-11(12-6-4-3-5-7-12)8-14-13-9-15-16(2)10-13/h3-7,9-10,14H,1,8H2,2H3. The molecule has 0 aliphatic rings. The number of nitrogens with one attached hydrogen (secondary N) is 1. The van der Waals surface area contributed by atoms with Crippen LogP contribution in [0.4, 0.5) is 5.69 Å². The van der Waals surface area contributed by atoms with Crippen LogP contribution in [-0.4, -0.2) is 16.3 Å². The monoisotopic (exact) mass is 213 g/mol. The first-order chi connectivity index (χ1) is 7.75. The van der Waals surface area contributed by atoms with Gasteiger partial charge < -0.3 is 5.32 Å². The highest BCUT2D eigenvalue weighted by Crippen LogP contribution is 2.13. The average molecular weight is 213 g/mol. The van der Waals surface area contributed by atoms with E-state index in [9.17, 15) is 0 Å². The first kappa shape index (κ1) is 10.5. The Kier molecular flexibility index (Phi) is 3.05. The molecule has 3 nitrogen and oxygen atoms in total. The normalized spacial score (nSPS) is 10.1. The second-order valence-corrected chi connectivity index (χ2v) is 3.73. The van der Waals surface area contributed by atoms with Crippen molar-refractivity contribution in [2.45, 2.75) is 0 Å². The largest absolute Gasteiger partial charge is 0.378 e. The predicted molar refractivity (Wildman–Crippen MR) is 67.2 cm³/mol. The minimum absolute atomic E-state index is 0.732. The summed E-state index contributed by atoms with van der Waals surface area (Å²) in [5.74, 6) is 0. The van der Waals surface area contributed by atoms with Crippen molar-refractivity contribution >= 4 is 11.3 Å². The van der Waals surface area contributed by atoms with E-state index in [1.807, 2.05) is 31.4 Å². The van der Waals surface area contributed by atoms with Crippen LogP contribution in [-0.2, 0) is 7.05 Å². The van der Waals surface area contributed by atoms with E-state index in [0.29, 0.717) is 0 Å². The fourth-order valence-corrected chi connectivity index (χ4v) is 1.50. The Morgan fingerprint density at radius 1 is 1.38 bits per heavy atom. The Morgan fingerprint density at radius 3 is 2.75 bits per heavy atom. The van der Waals surface area contributed by atoms with E-state index in [2.05, 4.69) is 29.1 Å². The van der Waals surface area contributed by atoms with Crippen molar-refractivity contribution in [1.29, 1.82) is 0 Å². The quantitative estimate of drug-likeness (QED) is 0.845. The summed E-state index contributed by atoms with van der Waals surface area (Å²) in [4.78, 5) is 0. The molecule has 0 bridgehead atoms. The molecule has 0 radical (unpaired) electrons. The Morgan fingerprint density at radius 2 is 2.12 bits per heavy atom. The van der Waals surface area contributed by atoms with E-state index in [1.54, 1.807) is 10.9 Å². The van der Waals surface area contributed by atoms with Crippen LogP contribution >= 0.6 is 0 Å². The maximum atomic E-state index is 4.09. The van der Waals surface area contributed by atoms with Crippen LogP contribution in [0.1, 0.15) is 5.56 Å². The third kappa shape index (κ3) is 2.51. The number of rotatable bonds is 4. The SMILES string of the molecule is C=C(CNc1cnn(C)c1)c1ccccc1. The fourth-order valence-electron chi connectivity index (χ4n) is 1.50. The average Bonchev–Trinajstić information content (AvgIpc) is 2.73. The molecule has 0 atom stereocenters. The van der Waals surface area contributed by atoms with Crippen molar-refractivity contribution in [2.75, 3.05) is 11.9 Å². The molecule has 0 amide bonds. The van der Waals surface area contributed by atoms with Gasteiger partial charge in [0.25, 0.3) is 0 Å². The Labute approximate surface area is 95.4 Å². The summed E-state index contributed by atoms with van der Waals surface area (Å²) >= 11 is 0. The number of hydrogen-bond acceptors (Lipinski definition) is 2. The maximum absolute atomic E-state index is 4.09. The highest BCUT2D eigenvalue weighted by Gasteiger charge is 1.99. The van der Waals surface area contributed by atoms with Crippen LogP contribution in [0.5, 0.6) is 0 Å². The van der Waals surface area contributed by atoms with Gasteiger partial charge in [-0.1, -0.05) is 36.9 Å². The Hall–Kier alpha value is -2.03. The minimum Gasteiger partial charge on any atom is -0.378 e. The zero-order chi connectivity index (χ0) is 11.4. The van der Waals surface area contributed by atoms with Gasteiger partial charge in [-0.2, -0.15) is 5.10 Å². The summed E-state index contributed by atoms with van der Waals surface area (Å²) in [5, 5.41) is 7.37. The van der Waals surface area contributed by atoms with Crippen LogP contribution in [0, 0.1) is 0 Å². The molecule has 1 N–H and O–H groups in total. The van der Waals surface area contributed by atoms with E-state index in [1.165, 1.54) is 5.56 Å². The summed E-state index contributed by atoms with van der Waals surface area (Å²) in [5.41, 5.74) is 3.25. The fraction of sp³-hybridized carbons (Fsp3) is 0.154. The lowest BCUT2D eigenvalue weighted by atomic mass is 10.1. The van der Waals surface area contributed by atoms with E-state index < -0.39 is 0 Å². The molecule has 1 aromatic carbocycles. The molecule has 0 fully saturated rings. The van der Waals surface area contributed by atoms with Crippen LogP contribution in [0.25, 0.3) is 5.57 Å². The van der Waals surface area contributed by atoms with Crippen molar-refractivity contribution in [3.8, 4) is 0 Å². The molecular weight excluding hydrogens is 198 g/mol. The molecule has 0 aliphatic heterocycles. The Bertz CT molecular complexity index is 471. The number of aryl methyl sites for hydroxylation is 1. The molecule has 2 aromatic rings. The van der Waals surface area contributed by atoms with Crippen molar-refractivity contribution < 1.29 is 0 Å². The number of nitrogens with zero attached hydrogens (tertiary/aromatic N) is 2. The molecule has 1 aromatic heterocycles. The smallest absolute Gasteiger partial charge is 0.0729 e. The van der Waals surface area contributed by atoms with Gasteiger partial charge in [0.05, 0.1) is 11.9 Å². The summed E-state index contributed by atoms with van der Waals surface area (Å²) in [6.07, 6.45) is 3.75. The summed E-state index contributed by atoms with van der Waals surface area (Å²) in [7, 11) is 1.90. The maximum Gasteiger partial charge on any atom is 0.0729 e. The highest BCUT2D eigenvalue weighted by molar-refractivity contribution is 5.67. The molecule has 82 valence electrons. The predicted octanol–water partition coefficient (Wildman–Crippen LogP) is 2.55. The van der Waals surface area contributed by atoms with E-state index in [4.69, 9.17) is 0 Å². The first-order valence-electron chi connectivity index (χ1n) is 5.21. The molecule has 0 unspecified atom stereocenters. The minimum atomic E-state index is 0.732. The second-order valence-electron chi connectivity index (χ2n) is 3.73. The number of benzene rings is 1. The molecule has 1 heterocycles. The summed E-state index contributed by atoms with van der Waals surface area (Å²) in [6, 6.07) is 10.2. The highest BCUT2D eigenvalue weighted by atomic mass is 15.3. The molecule has 2 rings (SSSR count). The van der Waals surface area contributed by atoms with Gasteiger partial charge in [0, 0.05) is 19.8 Å². The van der Waals surface area contributed by atoms with E-state index in [-0.39, 0.29) is 0 Å². The molecule has 0 aliphatic carbocycles. The van der Waals surface area contributed by atoms with Crippen LogP contribution < -0.4 is 5.32 Å². The summed E-state index contributed by atoms with van der Waals surface area (Å²) < 4.78 is 1.77. The van der Waals surface area contributed by atoms with Gasteiger partial charge in [-0.3, -0.25) is 4.68 Å². The molecule has 0 spiro atoms. The van der Waals surface area contributed by atoms with E-state index in [0.717, 1.165) is 17.8 Å². The van der Waals surface area contributed by atoms with Gasteiger partial charge in [0.1, 0.15) is 0 Å². The second kappa shape index (κ2) is 4.66. The van der Waals surface area contributed by atoms with Crippen molar-refractivity contribution in [1.82, 2.24) is 9.78 Å². The molecular formula is C13H15N3. The lowest BCUT2D eigenvalue weighted by Crippen LogP contribution is -2.02. The van der Waals surface area contributed by atoms with Gasteiger partial charge in [-0.15, -0.1) is 0 Å². The zero-order valence-corrected chi connectivity index (χ0v) is 9.35. The third-order valence-electron chi connectivity index (χ3n) is 2.39. The van der Waals surface area contributed by atoms with Crippen molar-refractivity contribution in [3.05, 3.63) is 54.9 Å². The molecule has 16 heavy (non-hydrogen) atoms. The topological polar surface area (TPSA) is 29.9 Å². The number of anilines is 1. The van der Waals surface area contributed by atoms with Crippen LogP contribution in [0.2, 0.25) is 0 Å². The molecule has 0 saturated carbocycles. The lowest BCUT2D eigenvalue weighted by molar-refractivity contribution is 0.768. The summed E-state index contributed by atoms with van der Waals surface area (Å²) in [6.45, 7) is 4.79.